The summed E-state index contributed by atoms with van der Waals surface area (Å²) in [5, 5.41) is 31.5. The van der Waals surface area contributed by atoms with E-state index < -0.39 is 11.6 Å². The zero-order valence-corrected chi connectivity index (χ0v) is 11.2. The molecule has 0 atom stereocenters. The summed E-state index contributed by atoms with van der Waals surface area (Å²) in [7, 11) is 0. The number of carboxylic acids is 1. The molecular weight excluding hydrogens is 256 g/mol. The van der Waals surface area contributed by atoms with Crippen LogP contribution in [0.4, 0.5) is 5.69 Å². The number of rotatable bonds is 4. The first-order valence-corrected chi connectivity index (χ1v) is 6.72. The maximum atomic E-state index is 10.9. The molecule has 1 saturated carbocycles. The van der Waals surface area contributed by atoms with Crippen molar-refractivity contribution in [1.29, 1.82) is 5.26 Å². The molecule has 0 spiro atoms. The second kappa shape index (κ2) is 5.93. The topological polar surface area (TPSA) is 93.4 Å². The van der Waals surface area contributed by atoms with Crippen LogP contribution in [0.5, 0.6) is 0 Å². The minimum absolute atomic E-state index is 0.331. The lowest BCUT2D eigenvalue weighted by Crippen LogP contribution is -2.41. The first kappa shape index (κ1) is 14.4. The van der Waals surface area contributed by atoms with Crippen LogP contribution in [0.1, 0.15) is 31.2 Å². The molecule has 0 amide bonds. The summed E-state index contributed by atoms with van der Waals surface area (Å²) in [6, 6.07) is 9.22. The Morgan fingerprint density at radius 3 is 2.65 bits per heavy atom. The largest absolute Gasteiger partial charge is 0.481 e. The van der Waals surface area contributed by atoms with Crippen LogP contribution in [0.15, 0.2) is 24.3 Å². The highest BCUT2D eigenvalue weighted by atomic mass is 16.4. The number of carboxylic acid groups (broad SMARTS) is 1. The molecule has 1 aliphatic carbocycles. The Balaban J connectivity index is 1.94. The lowest BCUT2D eigenvalue weighted by atomic mass is 9.79. The molecule has 0 bridgehead atoms. The van der Waals surface area contributed by atoms with Gasteiger partial charge in [0.25, 0.3) is 0 Å². The van der Waals surface area contributed by atoms with Gasteiger partial charge in [-0.2, -0.15) is 5.26 Å². The van der Waals surface area contributed by atoms with E-state index >= 15 is 0 Å². The molecule has 0 aromatic heterocycles. The Labute approximate surface area is 117 Å². The number of hydrogen-bond acceptors (Lipinski definition) is 4. The Morgan fingerprint density at radius 2 is 2.05 bits per heavy atom. The third kappa shape index (κ3) is 3.28. The fourth-order valence-corrected chi connectivity index (χ4v) is 2.57. The molecule has 5 heteroatoms. The average Bonchev–Trinajstić information content (AvgIpc) is 2.46. The van der Waals surface area contributed by atoms with Gasteiger partial charge in [0.15, 0.2) is 0 Å². The van der Waals surface area contributed by atoms with E-state index in [4.69, 9.17) is 10.4 Å². The third-order valence-electron chi connectivity index (χ3n) is 3.92. The summed E-state index contributed by atoms with van der Waals surface area (Å²) in [6.07, 6.45) is 1.91. The predicted molar refractivity (Wildman–Crippen MR) is 74.2 cm³/mol. The number of para-hydroxylation sites is 1. The monoisotopic (exact) mass is 274 g/mol. The van der Waals surface area contributed by atoms with Crippen LogP contribution >= 0.6 is 0 Å². The van der Waals surface area contributed by atoms with Gasteiger partial charge >= 0.3 is 5.97 Å². The molecule has 0 aliphatic heterocycles. The van der Waals surface area contributed by atoms with Crippen LogP contribution in [0.25, 0.3) is 0 Å². The van der Waals surface area contributed by atoms with E-state index in [0.29, 0.717) is 43.5 Å². The average molecular weight is 274 g/mol. The van der Waals surface area contributed by atoms with Crippen LogP contribution < -0.4 is 5.32 Å². The van der Waals surface area contributed by atoms with Gasteiger partial charge in [-0.3, -0.25) is 4.79 Å². The van der Waals surface area contributed by atoms with Crippen molar-refractivity contribution >= 4 is 11.7 Å². The SMILES string of the molecule is N#Cc1ccccc1NCC1(O)CCC(C(=O)O)CC1. The highest BCUT2D eigenvalue weighted by Crippen LogP contribution is 2.32. The summed E-state index contributed by atoms with van der Waals surface area (Å²) in [6.45, 7) is 0.331. The normalized spacial score (nSPS) is 25.7. The van der Waals surface area contributed by atoms with E-state index in [1.54, 1.807) is 18.2 Å². The summed E-state index contributed by atoms with van der Waals surface area (Å²) in [5.74, 6) is -1.13. The van der Waals surface area contributed by atoms with E-state index in [-0.39, 0.29) is 5.92 Å². The second-order valence-electron chi connectivity index (χ2n) is 5.35. The lowest BCUT2D eigenvalue weighted by Gasteiger charge is -2.35. The third-order valence-corrected chi connectivity index (χ3v) is 3.92. The molecule has 0 saturated heterocycles. The van der Waals surface area contributed by atoms with Gasteiger partial charge in [0, 0.05) is 6.54 Å². The van der Waals surface area contributed by atoms with Gasteiger partial charge in [-0.05, 0) is 37.8 Å². The molecule has 1 fully saturated rings. The predicted octanol–water partition coefficient (Wildman–Crippen LogP) is 1.98. The number of nitriles is 1. The first-order valence-electron chi connectivity index (χ1n) is 6.72. The number of anilines is 1. The Bertz CT molecular complexity index is 528. The van der Waals surface area contributed by atoms with Crippen molar-refractivity contribution in [2.24, 2.45) is 5.92 Å². The van der Waals surface area contributed by atoms with Crippen LogP contribution in [-0.2, 0) is 4.79 Å². The van der Waals surface area contributed by atoms with Gasteiger partial charge in [-0.15, -0.1) is 0 Å². The van der Waals surface area contributed by atoms with Gasteiger partial charge in [-0.1, -0.05) is 12.1 Å². The zero-order valence-electron chi connectivity index (χ0n) is 11.2. The maximum Gasteiger partial charge on any atom is 0.306 e. The van der Waals surface area contributed by atoms with Gasteiger partial charge in [0.05, 0.1) is 22.8 Å². The number of nitrogens with one attached hydrogen (secondary N) is 1. The highest BCUT2D eigenvalue weighted by Gasteiger charge is 2.35. The molecule has 20 heavy (non-hydrogen) atoms. The molecule has 1 aliphatic rings. The smallest absolute Gasteiger partial charge is 0.306 e. The first-order chi connectivity index (χ1) is 9.54. The van der Waals surface area contributed by atoms with E-state index in [1.807, 2.05) is 6.07 Å². The fourth-order valence-electron chi connectivity index (χ4n) is 2.57. The number of carbonyl (C=O) groups is 1. The van der Waals surface area contributed by atoms with Gasteiger partial charge in [0.1, 0.15) is 6.07 Å². The fraction of sp³-hybridized carbons (Fsp3) is 0.467. The Hall–Kier alpha value is -2.06. The zero-order chi connectivity index (χ0) is 14.6. The molecular formula is C15H18N2O3. The minimum atomic E-state index is -0.894. The van der Waals surface area contributed by atoms with Crippen molar-refractivity contribution in [3.05, 3.63) is 29.8 Å². The summed E-state index contributed by atoms with van der Waals surface area (Å²) >= 11 is 0. The van der Waals surface area contributed by atoms with E-state index in [1.165, 1.54) is 0 Å². The van der Waals surface area contributed by atoms with Crippen molar-refractivity contribution in [3.8, 4) is 6.07 Å². The Morgan fingerprint density at radius 1 is 1.40 bits per heavy atom. The Kier molecular flexibility index (Phi) is 4.26. The standard InChI is InChI=1S/C15H18N2O3/c16-9-12-3-1-2-4-13(12)17-10-15(20)7-5-11(6-8-15)14(18)19/h1-4,11,17,20H,5-8,10H2,(H,18,19). The minimum Gasteiger partial charge on any atom is -0.481 e. The molecule has 5 nitrogen and oxygen atoms in total. The molecule has 106 valence electrons. The number of nitrogens with zero attached hydrogens (tertiary/aromatic N) is 1. The van der Waals surface area contributed by atoms with Crippen LogP contribution in [-0.4, -0.2) is 28.3 Å². The summed E-state index contributed by atoms with van der Waals surface area (Å²) < 4.78 is 0. The van der Waals surface area contributed by atoms with Gasteiger partial charge in [0.2, 0.25) is 0 Å². The molecule has 0 radical (unpaired) electrons. The van der Waals surface area contributed by atoms with E-state index in [9.17, 15) is 9.90 Å². The maximum absolute atomic E-state index is 10.9. The molecule has 1 aromatic carbocycles. The van der Waals surface area contributed by atoms with E-state index in [0.717, 1.165) is 0 Å². The molecule has 3 N–H and O–H groups in total. The second-order valence-corrected chi connectivity index (χ2v) is 5.35. The molecule has 0 unspecified atom stereocenters. The number of aliphatic hydroxyl groups is 1. The number of aliphatic carboxylic acids is 1. The highest BCUT2D eigenvalue weighted by molar-refractivity contribution is 5.70. The van der Waals surface area contributed by atoms with E-state index in [2.05, 4.69) is 11.4 Å². The van der Waals surface area contributed by atoms with Crippen molar-refractivity contribution in [2.75, 3.05) is 11.9 Å². The number of benzene rings is 1. The quantitative estimate of drug-likeness (QED) is 0.780. The van der Waals surface area contributed by atoms with Crippen molar-refractivity contribution in [3.63, 3.8) is 0 Å². The summed E-state index contributed by atoms with van der Waals surface area (Å²) in [5.41, 5.74) is 0.341. The molecule has 0 heterocycles. The van der Waals surface area contributed by atoms with Crippen LogP contribution in [0.2, 0.25) is 0 Å². The molecule has 2 rings (SSSR count). The van der Waals surface area contributed by atoms with Gasteiger partial charge in [-0.25, -0.2) is 0 Å². The van der Waals surface area contributed by atoms with Gasteiger partial charge < -0.3 is 15.5 Å². The summed E-state index contributed by atoms with van der Waals surface area (Å²) in [4.78, 5) is 10.9. The van der Waals surface area contributed by atoms with Crippen molar-refractivity contribution in [1.82, 2.24) is 0 Å². The lowest BCUT2D eigenvalue weighted by molar-refractivity contribution is -0.144. The van der Waals surface area contributed by atoms with Crippen LogP contribution in [0, 0.1) is 17.2 Å². The van der Waals surface area contributed by atoms with Crippen LogP contribution in [0.3, 0.4) is 0 Å². The number of hydrogen-bond donors (Lipinski definition) is 3. The van der Waals surface area contributed by atoms with Crippen molar-refractivity contribution in [2.45, 2.75) is 31.3 Å². The molecule has 1 aromatic rings. The van der Waals surface area contributed by atoms with Crippen molar-refractivity contribution < 1.29 is 15.0 Å².